The molecule has 2 aromatic rings. The first kappa shape index (κ1) is 24.0. The Hall–Kier alpha value is -2.25. The summed E-state index contributed by atoms with van der Waals surface area (Å²) in [6.07, 6.45) is 3.21. The molecule has 1 aromatic heterocycles. The second-order valence-electron chi connectivity index (χ2n) is 6.50. The van der Waals surface area contributed by atoms with E-state index >= 15 is 0 Å². The molecule has 162 valence electrons. The number of nitrogens with one attached hydrogen (secondary N) is 4. The summed E-state index contributed by atoms with van der Waals surface area (Å²) in [6, 6.07) is 10.8. The summed E-state index contributed by atoms with van der Waals surface area (Å²) in [7, 11) is -1.96. The number of hydrogen-bond acceptors (Lipinski definition) is 5. The molecule has 1 aliphatic rings. The number of amides is 1. The predicted octanol–water partition coefficient (Wildman–Crippen LogP) is 1.27. The molecule has 30 heavy (non-hydrogen) atoms. The lowest BCUT2D eigenvalue weighted by atomic mass is 9.90. The molecule has 1 unspecified atom stereocenters. The third-order valence-electron chi connectivity index (χ3n) is 4.50. The lowest BCUT2D eigenvalue weighted by Crippen LogP contribution is -2.43. The standard InChI is InChI=1S/C19H24N6O3S.HI/c1-20-19(22-9-10-24-29(27,28)15-5-4-8-21-13-15)23-12-14-11-18(26)25-17-7-3-2-6-16(14)17;/h2-8,13-14,24H,9-12H2,1H3,(H,25,26)(H2,20,22,23);1H. The van der Waals surface area contributed by atoms with Gasteiger partial charge in [0.15, 0.2) is 5.96 Å². The SMILES string of the molecule is CN=C(NCCNS(=O)(=O)c1cccnc1)NCC1CC(=O)Nc2ccccc21.I. The average molecular weight is 544 g/mol. The van der Waals surface area contributed by atoms with Crippen LogP contribution in [0.2, 0.25) is 0 Å². The first-order valence-electron chi connectivity index (χ1n) is 9.22. The van der Waals surface area contributed by atoms with Crippen molar-refractivity contribution < 1.29 is 13.2 Å². The Kier molecular flexibility index (Phi) is 8.99. The summed E-state index contributed by atoms with van der Waals surface area (Å²) in [5, 5.41) is 9.14. The molecule has 0 spiro atoms. The number of benzene rings is 1. The highest BCUT2D eigenvalue weighted by atomic mass is 127. The Morgan fingerprint density at radius 2 is 2.00 bits per heavy atom. The zero-order chi connectivity index (χ0) is 20.7. The van der Waals surface area contributed by atoms with E-state index in [4.69, 9.17) is 0 Å². The van der Waals surface area contributed by atoms with Crippen LogP contribution in [0.3, 0.4) is 0 Å². The molecule has 2 heterocycles. The molecular weight excluding hydrogens is 519 g/mol. The average Bonchev–Trinajstić information content (AvgIpc) is 2.73. The smallest absolute Gasteiger partial charge is 0.242 e. The van der Waals surface area contributed by atoms with Crippen molar-refractivity contribution in [1.82, 2.24) is 20.3 Å². The van der Waals surface area contributed by atoms with Crippen LogP contribution in [0.25, 0.3) is 0 Å². The highest BCUT2D eigenvalue weighted by Crippen LogP contribution is 2.31. The van der Waals surface area contributed by atoms with Gasteiger partial charge >= 0.3 is 0 Å². The van der Waals surface area contributed by atoms with Gasteiger partial charge in [-0.05, 0) is 23.8 Å². The number of sulfonamides is 1. The minimum Gasteiger partial charge on any atom is -0.356 e. The van der Waals surface area contributed by atoms with Crippen LogP contribution in [-0.4, -0.2) is 52.0 Å². The molecule has 1 amide bonds. The Morgan fingerprint density at radius 1 is 1.20 bits per heavy atom. The van der Waals surface area contributed by atoms with Crippen molar-refractivity contribution in [1.29, 1.82) is 0 Å². The van der Waals surface area contributed by atoms with E-state index in [0.29, 0.717) is 25.5 Å². The van der Waals surface area contributed by atoms with Crippen LogP contribution in [0.5, 0.6) is 0 Å². The zero-order valence-corrected chi connectivity index (χ0v) is 19.6. The van der Waals surface area contributed by atoms with Gasteiger partial charge in [0, 0.05) is 57.1 Å². The molecule has 1 aromatic carbocycles. The zero-order valence-electron chi connectivity index (χ0n) is 16.5. The predicted molar refractivity (Wildman–Crippen MR) is 127 cm³/mol. The van der Waals surface area contributed by atoms with E-state index in [-0.39, 0.29) is 47.2 Å². The minimum absolute atomic E-state index is 0. The molecule has 0 radical (unpaired) electrons. The van der Waals surface area contributed by atoms with E-state index in [1.54, 1.807) is 13.1 Å². The highest BCUT2D eigenvalue weighted by Gasteiger charge is 2.24. The molecule has 11 heteroatoms. The van der Waals surface area contributed by atoms with Crippen molar-refractivity contribution in [2.24, 2.45) is 4.99 Å². The number of para-hydroxylation sites is 1. The van der Waals surface area contributed by atoms with Gasteiger partial charge in [-0.3, -0.25) is 14.8 Å². The largest absolute Gasteiger partial charge is 0.356 e. The monoisotopic (exact) mass is 544 g/mol. The van der Waals surface area contributed by atoms with E-state index in [1.807, 2.05) is 24.3 Å². The molecular formula is C19H25IN6O3S. The normalized spacial score (nSPS) is 16.1. The fraction of sp³-hybridized carbons (Fsp3) is 0.316. The van der Waals surface area contributed by atoms with E-state index in [2.05, 4.69) is 30.6 Å². The lowest BCUT2D eigenvalue weighted by molar-refractivity contribution is -0.116. The fourth-order valence-electron chi connectivity index (χ4n) is 3.08. The topological polar surface area (TPSA) is 125 Å². The number of nitrogens with zero attached hydrogens (tertiary/aromatic N) is 2. The van der Waals surface area contributed by atoms with Gasteiger partial charge in [0.05, 0.1) is 0 Å². The van der Waals surface area contributed by atoms with Crippen molar-refractivity contribution >= 4 is 51.6 Å². The third-order valence-corrected chi connectivity index (χ3v) is 5.95. The molecule has 3 rings (SSSR count). The number of pyridine rings is 1. The number of guanidine groups is 1. The van der Waals surface area contributed by atoms with Crippen molar-refractivity contribution in [2.45, 2.75) is 17.2 Å². The van der Waals surface area contributed by atoms with Crippen molar-refractivity contribution in [2.75, 3.05) is 32.0 Å². The van der Waals surface area contributed by atoms with Gasteiger partial charge in [-0.1, -0.05) is 18.2 Å². The maximum atomic E-state index is 12.2. The molecule has 0 fully saturated rings. The summed E-state index contributed by atoms with van der Waals surface area (Å²) in [4.78, 5) is 20.0. The van der Waals surface area contributed by atoms with Crippen LogP contribution in [-0.2, 0) is 14.8 Å². The Balaban J connectivity index is 0.00000320. The van der Waals surface area contributed by atoms with Crippen LogP contribution in [0.15, 0.2) is 58.7 Å². The highest BCUT2D eigenvalue weighted by molar-refractivity contribution is 14.0. The molecule has 0 bridgehead atoms. The van der Waals surface area contributed by atoms with Gasteiger partial charge in [-0.15, -0.1) is 24.0 Å². The molecule has 1 atom stereocenters. The van der Waals surface area contributed by atoms with Crippen LogP contribution < -0.4 is 20.7 Å². The molecule has 0 saturated heterocycles. The second kappa shape index (κ2) is 11.2. The summed E-state index contributed by atoms with van der Waals surface area (Å²) in [5.74, 6) is 0.555. The number of hydrogen-bond donors (Lipinski definition) is 4. The lowest BCUT2D eigenvalue weighted by Gasteiger charge is -2.26. The summed E-state index contributed by atoms with van der Waals surface area (Å²) < 4.78 is 26.8. The van der Waals surface area contributed by atoms with Gasteiger partial charge < -0.3 is 16.0 Å². The van der Waals surface area contributed by atoms with Gasteiger partial charge in [0.2, 0.25) is 15.9 Å². The summed E-state index contributed by atoms with van der Waals surface area (Å²) >= 11 is 0. The maximum absolute atomic E-state index is 12.2. The van der Waals surface area contributed by atoms with E-state index in [0.717, 1.165) is 11.3 Å². The van der Waals surface area contributed by atoms with Gasteiger partial charge in [0.25, 0.3) is 0 Å². The number of fused-ring (bicyclic) bond motifs is 1. The summed E-state index contributed by atoms with van der Waals surface area (Å²) in [5.41, 5.74) is 1.92. The maximum Gasteiger partial charge on any atom is 0.242 e. The van der Waals surface area contributed by atoms with Crippen LogP contribution in [0.1, 0.15) is 17.9 Å². The second-order valence-corrected chi connectivity index (χ2v) is 8.27. The Labute approximate surface area is 193 Å². The third kappa shape index (κ3) is 6.37. The molecule has 4 N–H and O–H groups in total. The number of aliphatic imine (C=N–C) groups is 1. The van der Waals surface area contributed by atoms with Crippen LogP contribution >= 0.6 is 24.0 Å². The van der Waals surface area contributed by atoms with Gasteiger partial charge in [-0.2, -0.15) is 0 Å². The molecule has 9 nitrogen and oxygen atoms in total. The van der Waals surface area contributed by atoms with Gasteiger partial charge in [0.1, 0.15) is 4.90 Å². The quantitative estimate of drug-likeness (QED) is 0.180. The number of halogens is 1. The first-order chi connectivity index (χ1) is 14.0. The molecule has 1 aliphatic heterocycles. The van der Waals surface area contributed by atoms with Crippen molar-refractivity contribution in [3.63, 3.8) is 0 Å². The Morgan fingerprint density at radius 3 is 2.73 bits per heavy atom. The van der Waals surface area contributed by atoms with Crippen LogP contribution in [0.4, 0.5) is 5.69 Å². The van der Waals surface area contributed by atoms with Crippen LogP contribution in [0, 0.1) is 0 Å². The number of anilines is 1. The number of rotatable bonds is 7. The van der Waals surface area contributed by atoms with Gasteiger partial charge in [-0.25, -0.2) is 13.1 Å². The minimum atomic E-state index is -3.59. The molecule has 0 aliphatic carbocycles. The summed E-state index contributed by atoms with van der Waals surface area (Å²) in [6.45, 7) is 1.07. The number of carbonyl (C=O) groups excluding carboxylic acids is 1. The number of aromatic nitrogens is 1. The van der Waals surface area contributed by atoms with E-state index in [1.165, 1.54) is 18.5 Å². The van der Waals surface area contributed by atoms with E-state index < -0.39 is 10.0 Å². The fourth-order valence-corrected chi connectivity index (χ4v) is 4.07. The number of carbonyl (C=O) groups is 1. The Bertz CT molecular complexity index is 985. The van der Waals surface area contributed by atoms with Crippen molar-refractivity contribution in [3.8, 4) is 0 Å². The van der Waals surface area contributed by atoms with Crippen molar-refractivity contribution in [3.05, 3.63) is 54.4 Å². The van der Waals surface area contributed by atoms with E-state index in [9.17, 15) is 13.2 Å². The first-order valence-corrected chi connectivity index (χ1v) is 10.7. The molecule has 0 saturated carbocycles.